The van der Waals surface area contributed by atoms with Gasteiger partial charge in [0.25, 0.3) is 0 Å². The van der Waals surface area contributed by atoms with Crippen molar-refractivity contribution in [1.29, 1.82) is 0 Å². The third-order valence-corrected chi connectivity index (χ3v) is 7.00. The number of hydrogen-bond donors (Lipinski definition) is 0. The van der Waals surface area contributed by atoms with E-state index in [-0.39, 0.29) is 240 Å². The molecule has 0 amide bonds. The largest absolute Gasteiger partial charge is 1.00 e. The minimum absolute atomic E-state index is 0. The van der Waals surface area contributed by atoms with E-state index in [0.717, 1.165) is 24.3 Å². The molecule has 0 aliphatic heterocycles. The molecule has 0 unspecified atom stereocenters. The molecule has 4 aromatic rings. The van der Waals surface area contributed by atoms with Crippen LogP contribution in [0.1, 0.15) is 11.1 Å². The Morgan fingerprint density at radius 2 is 0.727 bits per heavy atom. The molecule has 0 N–H and O–H groups in total. The number of rotatable bonds is 8. The van der Waals surface area contributed by atoms with E-state index in [1.165, 1.54) is 72.8 Å². The number of hydrogen-bond acceptors (Lipinski definition) is 12. The maximum absolute atomic E-state index is 11.9. The van der Waals surface area contributed by atoms with Crippen LogP contribution in [0, 0.1) is 0 Å². The van der Waals surface area contributed by atoms with Crippen LogP contribution in [-0.4, -0.2) is 25.9 Å². The Balaban J connectivity index is 0.00000462. The van der Waals surface area contributed by atoms with Gasteiger partial charge in [-0.25, -0.2) is 16.8 Å². The van der Waals surface area contributed by atoms with Crippen molar-refractivity contribution in [3.8, 4) is 11.5 Å². The summed E-state index contributed by atoms with van der Waals surface area (Å²) in [5, 5.41) is 37.9. The summed E-state index contributed by atoms with van der Waals surface area (Å²) >= 11 is 0. The van der Waals surface area contributed by atoms with E-state index in [4.69, 9.17) is 0 Å². The van der Waals surface area contributed by atoms with E-state index >= 15 is 0 Å². The fourth-order valence-corrected chi connectivity index (χ4v) is 4.69. The molecule has 204 valence electrons. The molecule has 0 radical (unpaired) electrons. The number of nitrogens with zero attached hydrogens (tertiary/aromatic N) is 4. The van der Waals surface area contributed by atoms with Gasteiger partial charge in [-0.15, -0.1) is 11.5 Å². The SMILES string of the molecule is O=S(=O)([O-])c1cc(N=Nc2ccc([O-])cc2)ccc1/C=C/c1ccc(N=Nc2ccc([O-])cc2)cc1S(=O)(=O)[O-].[K+].[K+].[K+].[K+]. The maximum atomic E-state index is 11.9. The van der Waals surface area contributed by atoms with Crippen LogP contribution in [0.5, 0.6) is 11.5 Å². The van der Waals surface area contributed by atoms with Crippen molar-refractivity contribution in [2.24, 2.45) is 20.5 Å². The van der Waals surface area contributed by atoms with Gasteiger partial charge in [0.05, 0.1) is 32.5 Å². The van der Waals surface area contributed by atoms with E-state index < -0.39 is 30.0 Å². The second kappa shape index (κ2) is 21.1. The number of azo groups is 2. The van der Waals surface area contributed by atoms with Gasteiger partial charge in [-0.1, -0.05) is 48.6 Å². The topological polar surface area (TPSA) is 210 Å². The van der Waals surface area contributed by atoms with Gasteiger partial charge in [0.2, 0.25) is 0 Å². The normalized spacial score (nSPS) is 11.4. The Hall–Kier alpha value is 1.79. The molecule has 0 fully saturated rings. The second-order valence-corrected chi connectivity index (χ2v) is 10.8. The molecule has 0 aromatic heterocycles. The van der Waals surface area contributed by atoms with Crippen LogP contribution in [0.4, 0.5) is 22.7 Å². The van der Waals surface area contributed by atoms with Crippen molar-refractivity contribution < 1.29 is 242 Å². The predicted molar refractivity (Wildman–Crippen MR) is 138 cm³/mol. The summed E-state index contributed by atoms with van der Waals surface area (Å²) in [6.45, 7) is 0. The zero-order valence-corrected chi connectivity index (χ0v) is 38.2. The second-order valence-electron chi connectivity index (χ2n) is 8.07. The molecule has 0 aliphatic carbocycles. The summed E-state index contributed by atoms with van der Waals surface area (Å²) < 4.78 is 71.5. The van der Waals surface area contributed by atoms with Crippen LogP contribution in [-0.2, 0) is 20.2 Å². The van der Waals surface area contributed by atoms with Crippen LogP contribution in [0.3, 0.4) is 0 Å². The van der Waals surface area contributed by atoms with Crippen molar-refractivity contribution in [3.05, 3.63) is 96.1 Å². The third kappa shape index (κ3) is 14.3. The van der Waals surface area contributed by atoms with Crippen LogP contribution < -0.4 is 216 Å². The zero-order valence-electron chi connectivity index (χ0n) is 24.1. The Morgan fingerprint density at radius 3 is 1.02 bits per heavy atom. The minimum atomic E-state index is -5.00. The Kier molecular flexibility index (Phi) is 22.0. The summed E-state index contributed by atoms with van der Waals surface area (Å²) in [4.78, 5) is -1.31. The summed E-state index contributed by atoms with van der Waals surface area (Å²) in [6, 6.07) is 18.0. The summed E-state index contributed by atoms with van der Waals surface area (Å²) in [7, 11) is -10.0. The summed E-state index contributed by atoms with van der Waals surface area (Å²) in [6.07, 6.45) is 2.32. The molecule has 0 saturated heterocycles. The molecule has 0 aliphatic rings. The molecule has 12 nitrogen and oxygen atoms in total. The van der Waals surface area contributed by atoms with Gasteiger partial charge >= 0.3 is 206 Å². The Labute approximate surface area is 424 Å². The molecule has 4 aromatic carbocycles. The van der Waals surface area contributed by atoms with Gasteiger partial charge in [-0.2, -0.15) is 20.5 Å². The molecule has 0 saturated carbocycles. The van der Waals surface area contributed by atoms with Gasteiger partial charge in [0.1, 0.15) is 20.2 Å². The van der Waals surface area contributed by atoms with Crippen molar-refractivity contribution in [2.45, 2.75) is 9.79 Å². The molecule has 18 heteroatoms. The van der Waals surface area contributed by atoms with E-state index in [1.807, 2.05) is 0 Å². The summed E-state index contributed by atoms with van der Waals surface area (Å²) in [5.74, 6) is -0.456. The van der Waals surface area contributed by atoms with Crippen molar-refractivity contribution in [2.75, 3.05) is 0 Å². The average Bonchev–Trinajstić information content (AvgIpc) is 2.90. The fraction of sp³-hybridized carbons (Fsp3) is 0. The van der Waals surface area contributed by atoms with Crippen LogP contribution in [0.25, 0.3) is 12.2 Å². The van der Waals surface area contributed by atoms with Gasteiger partial charge in [-0.3, -0.25) is 0 Å². The van der Waals surface area contributed by atoms with E-state index in [1.54, 1.807) is 0 Å². The molecule has 44 heavy (non-hydrogen) atoms. The van der Waals surface area contributed by atoms with Crippen molar-refractivity contribution in [1.82, 2.24) is 0 Å². The molecule has 0 heterocycles. The van der Waals surface area contributed by atoms with Gasteiger partial charge in [-0.05, 0) is 59.7 Å². The molecule has 4 rings (SSSR count). The Morgan fingerprint density at radius 1 is 0.455 bits per heavy atom. The summed E-state index contributed by atoms with van der Waals surface area (Å²) in [5.41, 5.74) is 0.518. The minimum Gasteiger partial charge on any atom is -0.872 e. The molecule has 0 spiro atoms. The van der Waals surface area contributed by atoms with Crippen LogP contribution in [0.2, 0.25) is 0 Å². The standard InChI is InChI=1S/C26H20N4O8S2.4K/c31-23-11-7-19(8-12-23)27-29-21-5-3-17(25(15-21)39(33,34)35)1-2-18-4-6-22(16-26(18)40(36,37)38)30-28-20-9-13-24(32)14-10-20;;;;/h1-16,31-32H,(H,33,34,35)(H,36,37,38);;;;/q;4*+1/p-4/b2-1+,29-27?,30-28?;;;;. The van der Waals surface area contributed by atoms with Gasteiger partial charge < -0.3 is 19.3 Å². The van der Waals surface area contributed by atoms with Crippen LogP contribution >= 0.6 is 0 Å². The van der Waals surface area contributed by atoms with Crippen LogP contribution in [0.15, 0.2) is 115 Å². The van der Waals surface area contributed by atoms with E-state index in [2.05, 4.69) is 20.5 Å². The van der Waals surface area contributed by atoms with Gasteiger partial charge in [0.15, 0.2) is 0 Å². The first-order valence-corrected chi connectivity index (χ1v) is 14.0. The zero-order chi connectivity index (χ0) is 28.9. The molecule has 0 atom stereocenters. The van der Waals surface area contributed by atoms with Crippen molar-refractivity contribution >= 4 is 55.1 Å². The molecular formula is C26H16K4N4O8S2. The first kappa shape index (κ1) is 45.8. The predicted octanol–water partition coefficient (Wildman–Crippen LogP) is -7.34. The monoisotopic (exact) mass is 732 g/mol. The maximum Gasteiger partial charge on any atom is 1.00 e. The average molecular weight is 733 g/mol. The van der Waals surface area contributed by atoms with Gasteiger partial charge in [0, 0.05) is 0 Å². The first-order valence-electron chi connectivity index (χ1n) is 11.1. The molecule has 0 bridgehead atoms. The smallest absolute Gasteiger partial charge is 0.872 e. The molecular weight excluding hydrogens is 717 g/mol. The van der Waals surface area contributed by atoms with E-state index in [0.29, 0.717) is 11.4 Å². The van der Waals surface area contributed by atoms with Crippen molar-refractivity contribution in [3.63, 3.8) is 0 Å². The van der Waals surface area contributed by atoms with E-state index in [9.17, 15) is 36.2 Å². The number of benzene rings is 4. The third-order valence-electron chi connectivity index (χ3n) is 5.21. The fourth-order valence-electron chi connectivity index (χ4n) is 3.32. The Bertz CT molecular complexity index is 1730. The first-order chi connectivity index (χ1) is 18.9. The quantitative estimate of drug-likeness (QED) is 0.0734.